The lowest BCUT2D eigenvalue weighted by Gasteiger charge is -2.34. The highest BCUT2D eigenvalue weighted by molar-refractivity contribution is 6.16. The van der Waals surface area contributed by atoms with Crippen molar-refractivity contribution >= 4 is 35.8 Å². The van der Waals surface area contributed by atoms with Crippen molar-refractivity contribution in [2.45, 2.75) is 6.42 Å². The molecule has 1 aliphatic carbocycles. The molecular weight excluding hydrogens is 324 g/mol. The summed E-state index contributed by atoms with van der Waals surface area (Å²) < 4.78 is 0. The molecular formula is C11H10O12. The van der Waals surface area contributed by atoms with Crippen molar-refractivity contribution < 1.29 is 59.4 Å². The van der Waals surface area contributed by atoms with Gasteiger partial charge in [0, 0.05) is 0 Å². The van der Waals surface area contributed by atoms with Gasteiger partial charge in [0.15, 0.2) is 5.41 Å². The molecule has 0 aromatic rings. The molecule has 2 atom stereocenters. The molecule has 6 N–H and O–H groups in total. The van der Waals surface area contributed by atoms with Crippen LogP contribution >= 0.6 is 0 Å². The Morgan fingerprint density at radius 1 is 0.652 bits per heavy atom. The minimum atomic E-state index is -3.90. The van der Waals surface area contributed by atoms with Gasteiger partial charge in [-0.1, -0.05) is 0 Å². The van der Waals surface area contributed by atoms with Gasteiger partial charge in [-0.15, -0.1) is 0 Å². The Kier molecular flexibility index (Phi) is 4.06. The Bertz CT molecular complexity index is 603. The monoisotopic (exact) mass is 334 g/mol. The molecule has 0 aromatic heterocycles. The third-order valence-electron chi connectivity index (χ3n) is 4.06. The first kappa shape index (κ1) is 17.9. The molecule has 0 heterocycles. The molecule has 12 heteroatoms. The lowest BCUT2D eigenvalue weighted by molar-refractivity contribution is -0.197. The third-order valence-corrected chi connectivity index (χ3v) is 4.06. The molecule has 1 aliphatic rings. The van der Waals surface area contributed by atoms with Crippen LogP contribution in [0.15, 0.2) is 0 Å². The molecule has 0 spiro atoms. The molecule has 126 valence electrons. The van der Waals surface area contributed by atoms with Crippen molar-refractivity contribution in [2.24, 2.45) is 22.7 Å². The van der Waals surface area contributed by atoms with Crippen molar-refractivity contribution in [2.75, 3.05) is 0 Å². The van der Waals surface area contributed by atoms with Gasteiger partial charge in [0.25, 0.3) is 0 Å². The summed E-state index contributed by atoms with van der Waals surface area (Å²) in [4.78, 5) is 68.3. The second-order valence-corrected chi connectivity index (χ2v) is 4.90. The Morgan fingerprint density at radius 3 is 1.26 bits per heavy atom. The second kappa shape index (κ2) is 5.23. The van der Waals surface area contributed by atoms with Crippen LogP contribution in [0, 0.1) is 22.7 Å². The summed E-state index contributed by atoms with van der Waals surface area (Å²) in [6.45, 7) is 0. The minimum Gasteiger partial charge on any atom is -0.481 e. The zero-order chi connectivity index (χ0) is 18.3. The van der Waals surface area contributed by atoms with Gasteiger partial charge in [-0.25, -0.2) is 0 Å². The lowest BCUT2D eigenvalue weighted by atomic mass is 9.61. The topological polar surface area (TPSA) is 224 Å². The Balaban J connectivity index is 4.03. The van der Waals surface area contributed by atoms with E-state index in [0.717, 1.165) is 0 Å². The highest BCUT2D eigenvalue weighted by Gasteiger charge is 2.82. The van der Waals surface area contributed by atoms with Gasteiger partial charge in [-0.2, -0.15) is 0 Å². The van der Waals surface area contributed by atoms with Gasteiger partial charge < -0.3 is 30.6 Å². The maximum atomic E-state index is 11.5. The van der Waals surface area contributed by atoms with Crippen molar-refractivity contribution in [1.29, 1.82) is 0 Å². The molecule has 1 fully saturated rings. The molecule has 0 amide bonds. The predicted molar refractivity (Wildman–Crippen MR) is 62.3 cm³/mol. The number of carboxylic acids is 6. The maximum Gasteiger partial charge on any atom is 0.323 e. The van der Waals surface area contributed by atoms with E-state index in [9.17, 15) is 49.2 Å². The fourth-order valence-corrected chi connectivity index (χ4v) is 3.09. The highest BCUT2D eigenvalue weighted by atomic mass is 16.4. The van der Waals surface area contributed by atoms with Crippen molar-refractivity contribution in [3.05, 3.63) is 0 Å². The van der Waals surface area contributed by atoms with Crippen LogP contribution in [-0.4, -0.2) is 66.5 Å². The van der Waals surface area contributed by atoms with Crippen LogP contribution < -0.4 is 0 Å². The lowest BCUT2D eigenvalue weighted by Crippen LogP contribution is -2.61. The van der Waals surface area contributed by atoms with E-state index in [1.807, 2.05) is 0 Å². The molecule has 1 saturated carbocycles. The van der Waals surface area contributed by atoms with Gasteiger partial charge in [0.05, 0.1) is 11.8 Å². The van der Waals surface area contributed by atoms with E-state index in [-0.39, 0.29) is 0 Å². The summed E-state index contributed by atoms with van der Waals surface area (Å²) in [5.74, 6) is -19.4. The van der Waals surface area contributed by atoms with Crippen LogP contribution in [0.3, 0.4) is 0 Å². The summed E-state index contributed by atoms with van der Waals surface area (Å²) in [5, 5.41) is 54.9. The van der Waals surface area contributed by atoms with Crippen LogP contribution in [0.4, 0.5) is 0 Å². The summed E-state index contributed by atoms with van der Waals surface area (Å²) in [5.41, 5.74) is -7.57. The Morgan fingerprint density at radius 2 is 1.04 bits per heavy atom. The molecule has 2 unspecified atom stereocenters. The summed E-state index contributed by atoms with van der Waals surface area (Å²) in [7, 11) is 0. The fourth-order valence-electron chi connectivity index (χ4n) is 3.09. The van der Waals surface area contributed by atoms with Crippen LogP contribution in [0.5, 0.6) is 0 Å². The van der Waals surface area contributed by atoms with E-state index < -0.39 is 64.9 Å². The smallest absolute Gasteiger partial charge is 0.323 e. The SMILES string of the molecule is O=C(O)C1CC(C(=O)O)(C(=O)O)C(C(=O)O)(C(=O)O)C1C(=O)O. The molecule has 0 aromatic carbocycles. The molecule has 0 radical (unpaired) electrons. The van der Waals surface area contributed by atoms with Gasteiger partial charge in [0.1, 0.15) is 0 Å². The van der Waals surface area contributed by atoms with Crippen LogP contribution in [0.25, 0.3) is 0 Å². The molecule has 1 rings (SSSR count). The average Bonchev–Trinajstić information content (AvgIpc) is 2.72. The first-order valence-electron chi connectivity index (χ1n) is 5.78. The van der Waals surface area contributed by atoms with Crippen LogP contribution in [-0.2, 0) is 28.8 Å². The van der Waals surface area contributed by atoms with Crippen LogP contribution in [0.2, 0.25) is 0 Å². The zero-order valence-corrected chi connectivity index (χ0v) is 11.0. The van der Waals surface area contributed by atoms with Crippen molar-refractivity contribution in [1.82, 2.24) is 0 Å². The first-order chi connectivity index (χ1) is 10.4. The molecule has 0 saturated heterocycles. The Labute approximate surface area is 125 Å². The van der Waals surface area contributed by atoms with E-state index in [2.05, 4.69) is 0 Å². The van der Waals surface area contributed by atoms with Gasteiger partial charge in [-0.3, -0.25) is 28.8 Å². The number of carbonyl (C=O) groups is 6. The molecule has 0 bridgehead atoms. The summed E-state index contributed by atoms with van der Waals surface area (Å²) in [6, 6.07) is 0. The second-order valence-electron chi connectivity index (χ2n) is 4.90. The molecule has 23 heavy (non-hydrogen) atoms. The highest BCUT2D eigenvalue weighted by Crippen LogP contribution is 2.60. The van der Waals surface area contributed by atoms with Gasteiger partial charge in [-0.05, 0) is 6.42 Å². The third kappa shape index (κ3) is 1.91. The molecule has 0 aliphatic heterocycles. The van der Waals surface area contributed by atoms with E-state index >= 15 is 0 Å². The van der Waals surface area contributed by atoms with Gasteiger partial charge >= 0.3 is 35.8 Å². The predicted octanol–water partition coefficient (Wildman–Crippen LogP) is -1.90. The van der Waals surface area contributed by atoms with Crippen molar-refractivity contribution in [3.63, 3.8) is 0 Å². The summed E-state index contributed by atoms with van der Waals surface area (Å²) in [6.07, 6.45) is -1.51. The minimum absolute atomic E-state index is 1.51. The normalized spacial score (nSPS) is 24.5. The number of aliphatic carboxylic acids is 6. The molecule has 12 nitrogen and oxygen atoms in total. The zero-order valence-electron chi connectivity index (χ0n) is 11.0. The number of rotatable bonds is 6. The van der Waals surface area contributed by atoms with E-state index in [4.69, 9.17) is 10.2 Å². The average molecular weight is 334 g/mol. The standard InChI is InChI=1S/C11H10O12/c12-4(13)2-1-10(6(16)17,7(18)19)11(8(20)21,9(22)23)3(2)5(14)15/h2-3H,1H2,(H,12,13)(H,14,15)(H,16,17)(H,18,19)(H,20,21)(H,22,23). The largest absolute Gasteiger partial charge is 0.481 e. The number of hydrogen-bond donors (Lipinski definition) is 6. The fraction of sp³-hybridized carbons (Fsp3) is 0.455. The maximum absolute atomic E-state index is 11.5. The van der Waals surface area contributed by atoms with Crippen LogP contribution in [0.1, 0.15) is 6.42 Å². The number of hydrogen-bond acceptors (Lipinski definition) is 6. The number of carboxylic acid groups (broad SMARTS) is 6. The van der Waals surface area contributed by atoms with E-state index in [1.54, 1.807) is 0 Å². The first-order valence-corrected chi connectivity index (χ1v) is 5.78. The van der Waals surface area contributed by atoms with E-state index in [1.165, 1.54) is 0 Å². The quantitative estimate of drug-likeness (QED) is 0.293. The van der Waals surface area contributed by atoms with E-state index in [0.29, 0.717) is 0 Å². The van der Waals surface area contributed by atoms with Gasteiger partial charge in [0.2, 0.25) is 5.41 Å². The van der Waals surface area contributed by atoms with Crippen molar-refractivity contribution in [3.8, 4) is 0 Å². The Hall–Kier alpha value is -3.18. The summed E-state index contributed by atoms with van der Waals surface area (Å²) >= 11 is 0.